The van der Waals surface area contributed by atoms with E-state index in [2.05, 4.69) is 9.97 Å². The molecule has 3 aromatic rings. The van der Waals surface area contributed by atoms with Crippen molar-refractivity contribution in [2.24, 2.45) is 0 Å². The summed E-state index contributed by atoms with van der Waals surface area (Å²) >= 11 is 0. The zero-order valence-electron chi connectivity index (χ0n) is 17.4. The molecule has 0 aliphatic carbocycles. The van der Waals surface area contributed by atoms with Gasteiger partial charge in [-0.2, -0.15) is 8.42 Å². The maximum Gasteiger partial charge on any atom is 0.415 e. The van der Waals surface area contributed by atoms with E-state index in [0.717, 1.165) is 13.2 Å². The van der Waals surface area contributed by atoms with Crippen LogP contribution < -0.4 is 18.9 Å². The summed E-state index contributed by atoms with van der Waals surface area (Å²) in [5.41, 5.74) is 0.548. The van der Waals surface area contributed by atoms with E-state index in [1.165, 1.54) is 29.3 Å². The number of rotatable bonds is 7. The van der Waals surface area contributed by atoms with Crippen LogP contribution in [0.4, 0.5) is 23.8 Å². The number of carbonyl (C=O) groups excluding carboxylic acids is 1. The van der Waals surface area contributed by atoms with E-state index in [1.807, 2.05) is 9.44 Å². The first-order valence-electron chi connectivity index (χ1n) is 9.58. The number of hydrogen-bond donors (Lipinski definition) is 2. The monoisotopic (exact) mass is 495 g/mol. The fraction of sp³-hybridized carbons (Fsp3) is 0.150. The zero-order valence-corrected chi connectivity index (χ0v) is 18.2. The van der Waals surface area contributed by atoms with Crippen LogP contribution in [-0.4, -0.2) is 36.4 Å². The predicted molar refractivity (Wildman–Crippen MR) is 112 cm³/mol. The van der Waals surface area contributed by atoms with Crippen molar-refractivity contribution in [2.45, 2.75) is 13.1 Å². The molecule has 34 heavy (non-hydrogen) atoms. The molecule has 0 saturated heterocycles. The van der Waals surface area contributed by atoms with Gasteiger partial charge in [-0.3, -0.25) is 9.62 Å². The molecule has 0 radical (unpaired) electrons. The molecule has 1 aliphatic rings. The Kier molecular flexibility index (Phi) is 6.26. The van der Waals surface area contributed by atoms with Gasteiger partial charge in [0.2, 0.25) is 0 Å². The number of anilines is 1. The number of nitrogens with zero attached hydrogens (tertiary/aromatic N) is 3. The SMILES string of the molecule is CNS(=O)(=O)Nc1nccc(CN2Cc3ccc(Oc4ncc(F)cc4F)cc3OC2=O)c1F. The number of ether oxygens (including phenoxy) is 2. The average molecular weight is 495 g/mol. The molecular weight excluding hydrogens is 479 g/mol. The second-order valence-corrected chi connectivity index (χ2v) is 8.60. The molecular formula is C20H16F3N5O5S. The van der Waals surface area contributed by atoms with Crippen LogP contribution in [0.5, 0.6) is 17.4 Å². The van der Waals surface area contributed by atoms with Crippen molar-refractivity contribution in [1.29, 1.82) is 0 Å². The summed E-state index contributed by atoms with van der Waals surface area (Å²) < 4.78 is 79.3. The highest BCUT2D eigenvalue weighted by atomic mass is 32.2. The molecule has 2 N–H and O–H groups in total. The summed E-state index contributed by atoms with van der Waals surface area (Å²) in [6.07, 6.45) is 1.19. The van der Waals surface area contributed by atoms with Crippen molar-refractivity contribution in [2.75, 3.05) is 11.8 Å². The van der Waals surface area contributed by atoms with Gasteiger partial charge in [0.1, 0.15) is 17.3 Å². The number of hydrogen-bond acceptors (Lipinski definition) is 7. The highest BCUT2D eigenvalue weighted by Crippen LogP contribution is 2.33. The average Bonchev–Trinajstić information content (AvgIpc) is 2.79. The molecule has 1 aromatic carbocycles. The van der Waals surface area contributed by atoms with Crippen LogP contribution in [0.15, 0.2) is 42.7 Å². The zero-order chi connectivity index (χ0) is 24.5. The molecule has 0 fully saturated rings. The molecule has 14 heteroatoms. The van der Waals surface area contributed by atoms with Crippen LogP contribution in [0, 0.1) is 17.5 Å². The Morgan fingerprint density at radius 1 is 1.18 bits per heavy atom. The van der Waals surface area contributed by atoms with E-state index in [-0.39, 0.29) is 30.2 Å². The third kappa shape index (κ3) is 5.02. The second-order valence-electron chi connectivity index (χ2n) is 6.98. The number of amides is 1. The summed E-state index contributed by atoms with van der Waals surface area (Å²) in [7, 11) is -2.85. The topological polar surface area (TPSA) is 123 Å². The minimum absolute atomic E-state index is 0.00187. The van der Waals surface area contributed by atoms with Gasteiger partial charge in [-0.05, 0) is 18.2 Å². The van der Waals surface area contributed by atoms with Crippen molar-refractivity contribution < 1.29 is 35.9 Å². The van der Waals surface area contributed by atoms with Gasteiger partial charge in [0, 0.05) is 36.5 Å². The molecule has 4 rings (SSSR count). The summed E-state index contributed by atoms with van der Waals surface area (Å²) in [4.78, 5) is 20.9. The highest BCUT2D eigenvalue weighted by molar-refractivity contribution is 7.90. The standard InChI is InChI=1S/C20H16F3N5O5S/c1-24-34(30,31)27-18-17(23)12(4-5-25-18)10-28-9-11-2-3-14(7-16(11)33-20(28)29)32-19-15(22)6-13(21)8-26-19/h2-8,24H,9-10H2,1H3,(H,25,27). The lowest BCUT2D eigenvalue weighted by Crippen LogP contribution is -2.36. The minimum atomic E-state index is -3.99. The molecule has 0 spiro atoms. The summed E-state index contributed by atoms with van der Waals surface area (Å²) in [5, 5.41) is 0. The molecule has 178 valence electrons. The maximum atomic E-state index is 14.8. The van der Waals surface area contributed by atoms with E-state index in [1.54, 1.807) is 6.07 Å². The molecule has 0 atom stereocenters. The maximum absolute atomic E-state index is 14.8. The highest BCUT2D eigenvalue weighted by Gasteiger charge is 2.27. The summed E-state index contributed by atoms with van der Waals surface area (Å²) in [6.45, 7) is -0.194. The number of benzene rings is 1. The van der Waals surface area contributed by atoms with E-state index < -0.39 is 45.5 Å². The number of halogens is 3. The Bertz CT molecular complexity index is 1370. The van der Waals surface area contributed by atoms with Crippen LogP contribution >= 0.6 is 0 Å². The lowest BCUT2D eigenvalue weighted by molar-refractivity contribution is 0.134. The minimum Gasteiger partial charge on any atom is -0.436 e. The van der Waals surface area contributed by atoms with Gasteiger partial charge in [0.15, 0.2) is 17.5 Å². The summed E-state index contributed by atoms with van der Waals surface area (Å²) in [5.74, 6) is -3.56. The van der Waals surface area contributed by atoms with Crippen molar-refractivity contribution in [3.05, 3.63) is 71.3 Å². The number of aromatic nitrogens is 2. The van der Waals surface area contributed by atoms with Crippen LogP contribution in [0.25, 0.3) is 0 Å². The van der Waals surface area contributed by atoms with Gasteiger partial charge in [-0.25, -0.2) is 32.7 Å². The molecule has 0 saturated carbocycles. The van der Waals surface area contributed by atoms with Crippen LogP contribution in [0.3, 0.4) is 0 Å². The van der Waals surface area contributed by atoms with Crippen molar-refractivity contribution >= 4 is 22.1 Å². The fourth-order valence-corrected chi connectivity index (χ4v) is 3.52. The Morgan fingerprint density at radius 3 is 2.71 bits per heavy atom. The van der Waals surface area contributed by atoms with Gasteiger partial charge in [-0.1, -0.05) is 0 Å². The van der Waals surface area contributed by atoms with E-state index in [9.17, 15) is 26.4 Å². The van der Waals surface area contributed by atoms with E-state index in [0.29, 0.717) is 11.6 Å². The van der Waals surface area contributed by atoms with Crippen molar-refractivity contribution in [3.63, 3.8) is 0 Å². The third-order valence-electron chi connectivity index (χ3n) is 4.67. The van der Waals surface area contributed by atoms with Gasteiger partial charge < -0.3 is 9.47 Å². The Morgan fingerprint density at radius 2 is 1.97 bits per heavy atom. The van der Waals surface area contributed by atoms with Gasteiger partial charge in [0.25, 0.3) is 16.1 Å². The Balaban J connectivity index is 1.51. The lowest BCUT2D eigenvalue weighted by atomic mass is 10.1. The first-order chi connectivity index (χ1) is 16.1. The van der Waals surface area contributed by atoms with Crippen molar-refractivity contribution in [3.8, 4) is 17.4 Å². The molecule has 3 heterocycles. The number of nitrogens with one attached hydrogen (secondary N) is 2. The van der Waals surface area contributed by atoms with E-state index >= 15 is 0 Å². The smallest absolute Gasteiger partial charge is 0.415 e. The largest absolute Gasteiger partial charge is 0.436 e. The van der Waals surface area contributed by atoms with Gasteiger partial charge in [-0.15, -0.1) is 0 Å². The first-order valence-corrected chi connectivity index (χ1v) is 11.1. The summed E-state index contributed by atoms with van der Waals surface area (Å²) in [6, 6.07) is 6.29. The lowest BCUT2D eigenvalue weighted by Gasteiger charge is -2.28. The number of pyridine rings is 2. The van der Waals surface area contributed by atoms with Crippen molar-refractivity contribution in [1.82, 2.24) is 19.6 Å². The normalized spacial score (nSPS) is 13.3. The van der Waals surface area contributed by atoms with Crippen LogP contribution in [0.2, 0.25) is 0 Å². The van der Waals surface area contributed by atoms with Gasteiger partial charge in [0.05, 0.1) is 19.3 Å². The molecule has 2 aromatic heterocycles. The molecule has 0 bridgehead atoms. The molecule has 1 aliphatic heterocycles. The van der Waals surface area contributed by atoms with Crippen LogP contribution in [-0.2, 0) is 23.3 Å². The van der Waals surface area contributed by atoms with E-state index in [4.69, 9.17) is 9.47 Å². The van der Waals surface area contributed by atoms with Gasteiger partial charge >= 0.3 is 6.09 Å². The molecule has 10 nitrogen and oxygen atoms in total. The fourth-order valence-electron chi connectivity index (χ4n) is 3.02. The predicted octanol–water partition coefficient (Wildman–Crippen LogP) is 3.08. The van der Waals surface area contributed by atoms with Crippen LogP contribution in [0.1, 0.15) is 11.1 Å². The number of fused-ring (bicyclic) bond motifs is 1. The Hall–Kier alpha value is -3.91. The first kappa shape index (κ1) is 23.3. The Labute approximate surface area is 191 Å². The quantitative estimate of drug-likeness (QED) is 0.517. The third-order valence-corrected chi connectivity index (χ3v) is 5.67. The molecule has 1 amide bonds. The second kappa shape index (κ2) is 9.15. The number of carbonyl (C=O) groups is 1. The molecule has 0 unspecified atom stereocenters.